The van der Waals surface area contributed by atoms with Crippen molar-refractivity contribution >= 4 is 23.8 Å². The first kappa shape index (κ1) is 30.9. The number of nitrogens with zero attached hydrogens (tertiary/aromatic N) is 1. The molecule has 10 nitrogen and oxygen atoms in total. The number of phenolic OH excluding ortho intramolecular Hbond substituents is 1. The minimum absolute atomic E-state index is 0.00129. The molecule has 2 rings (SSSR count). The third-order valence-corrected chi connectivity index (χ3v) is 6.48. The number of benzene rings is 1. The molecule has 1 fully saturated rings. The van der Waals surface area contributed by atoms with Gasteiger partial charge in [0.05, 0.1) is 6.42 Å². The molecule has 1 aliphatic carbocycles. The number of carbonyl (C=O) groups is 4. The molecule has 0 heterocycles. The lowest BCUT2D eigenvalue weighted by Crippen LogP contribution is -2.55. The highest BCUT2D eigenvalue weighted by Gasteiger charge is 2.37. The number of nitrogens with two attached hydrogens (primary N) is 1. The summed E-state index contributed by atoms with van der Waals surface area (Å²) in [5.41, 5.74) is 5.69. The van der Waals surface area contributed by atoms with Crippen molar-refractivity contribution in [2.75, 3.05) is 6.54 Å². The average molecular weight is 533 g/mol. The van der Waals surface area contributed by atoms with E-state index in [0.29, 0.717) is 17.5 Å². The van der Waals surface area contributed by atoms with Crippen molar-refractivity contribution in [3.63, 3.8) is 0 Å². The fraction of sp³-hybridized carbons (Fsp3) is 0.643. The Morgan fingerprint density at radius 1 is 1.16 bits per heavy atom. The van der Waals surface area contributed by atoms with Crippen LogP contribution in [0.3, 0.4) is 0 Å². The smallest absolute Gasteiger partial charge is 0.408 e. The number of amides is 4. The topological polar surface area (TPSA) is 151 Å². The highest BCUT2D eigenvalue weighted by molar-refractivity contribution is 5.94. The molecule has 10 heteroatoms. The number of aryl methyl sites for hydroxylation is 1. The molecule has 4 amide bonds. The van der Waals surface area contributed by atoms with Gasteiger partial charge in [-0.3, -0.25) is 14.4 Å². The van der Waals surface area contributed by atoms with Crippen molar-refractivity contribution < 1.29 is 29.0 Å². The Hall–Kier alpha value is -3.30. The van der Waals surface area contributed by atoms with Crippen LogP contribution in [0, 0.1) is 6.92 Å². The number of phenols is 1. The van der Waals surface area contributed by atoms with Gasteiger partial charge in [0.2, 0.25) is 17.7 Å². The second kappa shape index (κ2) is 14.0. The lowest BCUT2D eigenvalue weighted by molar-refractivity contribution is -0.143. The zero-order valence-corrected chi connectivity index (χ0v) is 23.3. The van der Waals surface area contributed by atoms with Crippen LogP contribution in [0.1, 0.15) is 96.2 Å². The summed E-state index contributed by atoms with van der Waals surface area (Å²) in [6.45, 7) is 8.94. The van der Waals surface area contributed by atoms with E-state index in [1.165, 1.54) is 11.0 Å². The van der Waals surface area contributed by atoms with Crippen molar-refractivity contribution in [1.82, 2.24) is 15.5 Å². The largest absolute Gasteiger partial charge is 0.508 e. The van der Waals surface area contributed by atoms with E-state index in [9.17, 15) is 24.3 Å². The molecule has 1 aromatic carbocycles. The third kappa shape index (κ3) is 9.54. The van der Waals surface area contributed by atoms with Gasteiger partial charge in [-0.1, -0.05) is 38.7 Å². The molecule has 212 valence electrons. The summed E-state index contributed by atoms with van der Waals surface area (Å²) < 4.78 is 5.30. The second-order valence-electron chi connectivity index (χ2n) is 11.0. The number of aromatic hydroxyl groups is 1. The van der Waals surface area contributed by atoms with Crippen LogP contribution >= 0.6 is 0 Å². The Kier molecular flexibility index (Phi) is 11.4. The number of carbonyl (C=O) groups excluding carboxylic acids is 4. The standard InChI is InChI=1S/C28H44N4O6/c1-6-7-15-32(26(36)21(17-23(29)34)31-27(37)38-28(3,4)5)24(19-13-14-22(33)18(2)16-19)25(35)30-20-11-9-8-10-12-20/h13-14,16,20-21,24,33H,6-12,15,17H2,1-5H3,(H2,29,34)(H,30,35)(H,31,37). The maximum absolute atomic E-state index is 14.0. The zero-order valence-electron chi connectivity index (χ0n) is 23.3. The van der Waals surface area contributed by atoms with E-state index in [0.717, 1.165) is 38.5 Å². The molecule has 2 unspecified atom stereocenters. The van der Waals surface area contributed by atoms with Gasteiger partial charge in [-0.05, 0) is 70.2 Å². The van der Waals surface area contributed by atoms with Crippen molar-refractivity contribution in [3.8, 4) is 5.75 Å². The number of rotatable bonds is 11. The quantitative estimate of drug-likeness (QED) is 0.342. The van der Waals surface area contributed by atoms with Gasteiger partial charge in [0.15, 0.2) is 0 Å². The molecule has 0 radical (unpaired) electrons. The number of nitrogens with one attached hydrogen (secondary N) is 2. The van der Waals surface area contributed by atoms with Crippen molar-refractivity contribution in [3.05, 3.63) is 29.3 Å². The molecule has 0 aromatic heterocycles. The van der Waals surface area contributed by atoms with E-state index in [4.69, 9.17) is 10.5 Å². The molecule has 38 heavy (non-hydrogen) atoms. The van der Waals surface area contributed by atoms with Crippen molar-refractivity contribution in [2.24, 2.45) is 5.73 Å². The van der Waals surface area contributed by atoms with Gasteiger partial charge in [-0.2, -0.15) is 0 Å². The van der Waals surface area contributed by atoms with Gasteiger partial charge in [0, 0.05) is 12.6 Å². The van der Waals surface area contributed by atoms with E-state index in [1.807, 2.05) is 6.92 Å². The van der Waals surface area contributed by atoms with Crippen LogP contribution in [0.5, 0.6) is 5.75 Å². The van der Waals surface area contributed by atoms with E-state index < -0.39 is 42.0 Å². The van der Waals surface area contributed by atoms with Gasteiger partial charge >= 0.3 is 6.09 Å². The summed E-state index contributed by atoms with van der Waals surface area (Å²) in [7, 11) is 0. The first-order valence-electron chi connectivity index (χ1n) is 13.5. The number of unbranched alkanes of at least 4 members (excludes halogenated alkanes) is 1. The fourth-order valence-corrected chi connectivity index (χ4v) is 4.59. The lowest BCUT2D eigenvalue weighted by Gasteiger charge is -2.35. The third-order valence-electron chi connectivity index (χ3n) is 6.48. The van der Waals surface area contributed by atoms with Crippen LogP contribution in [0.4, 0.5) is 4.79 Å². The maximum Gasteiger partial charge on any atom is 0.408 e. The summed E-state index contributed by atoms with van der Waals surface area (Å²) >= 11 is 0. The highest BCUT2D eigenvalue weighted by Crippen LogP contribution is 2.29. The predicted molar refractivity (Wildman–Crippen MR) is 144 cm³/mol. The summed E-state index contributed by atoms with van der Waals surface area (Å²) in [6, 6.07) is 2.43. The van der Waals surface area contributed by atoms with E-state index in [1.54, 1.807) is 39.8 Å². The SMILES string of the molecule is CCCCN(C(=O)C(CC(N)=O)NC(=O)OC(C)(C)C)C(C(=O)NC1CCCCC1)c1ccc(O)c(C)c1. The van der Waals surface area contributed by atoms with Gasteiger partial charge in [-0.15, -0.1) is 0 Å². The van der Waals surface area contributed by atoms with Crippen LogP contribution in [-0.4, -0.2) is 58.1 Å². The number of hydrogen-bond donors (Lipinski definition) is 4. The summed E-state index contributed by atoms with van der Waals surface area (Å²) in [5, 5.41) is 15.7. The molecule has 1 aliphatic rings. The van der Waals surface area contributed by atoms with Crippen molar-refractivity contribution in [1.29, 1.82) is 0 Å². The molecule has 0 spiro atoms. The Balaban J connectivity index is 2.49. The second-order valence-corrected chi connectivity index (χ2v) is 11.0. The molecule has 1 saturated carbocycles. The molecule has 1 aromatic rings. The molecule has 0 bridgehead atoms. The monoisotopic (exact) mass is 532 g/mol. The van der Waals surface area contributed by atoms with Gasteiger partial charge < -0.3 is 31.1 Å². The molecule has 0 saturated heterocycles. The van der Waals surface area contributed by atoms with Gasteiger partial charge in [0.25, 0.3) is 0 Å². The summed E-state index contributed by atoms with van der Waals surface area (Å²) in [5.74, 6) is -1.66. The average Bonchev–Trinajstić information content (AvgIpc) is 2.82. The van der Waals surface area contributed by atoms with E-state index in [2.05, 4.69) is 10.6 Å². The van der Waals surface area contributed by atoms with Gasteiger partial charge in [0.1, 0.15) is 23.4 Å². The summed E-state index contributed by atoms with van der Waals surface area (Å²) in [4.78, 5) is 53.6. The lowest BCUT2D eigenvalue weighted by atomic mass is 9.94. The molecular weight excluding hydrogens is 488 g/mol. The first-order valence-corrected chi connectivity index (χ1v) is 13.5. The Labute approximate surface area is 225 Å². The van der Waals surface area contributed by atoms with E-state index in [-0.39, 0.29) is 24.2 Å². The van der Waals surface area contributed by atoms with Crippen LogP contribution in [0.25, 0.3) is 0 Å². The van der Waals surface area contributed by atoms with Crippen LogP contribution < -0.4 is 16.4 Å². The number of hydrogen-bond acceptors (Lipinski definition) is 6. The number of ether oxygens (including phenoxy) is 1. The Morgan fingerprint density at radius 2 is 1.82 bits per heavy atom. The highest BCUT2D eigenvalue weighted by atomic mass is 16.6. The van der Waals surface area contributed by atoms with Crippen molar-refractivity contribution in [2.45, 2.75) is 110 Å². The number of alkyl carbamates (subject to hydrolysis) is 1. The molecule has 0 aliphatic heterocycles. The Bertz CT molecular complexity index is 984. The molecule has 2 atom stereocenters. The van der Waals surface area contributed by atoms with Crippen LogP contribution in [0.15, 0.2) is 18.2 Å². The number of primary amides is 1. The van der Waals surface area contributed by atoms with E-state index >= 15 is 0 Å². The minimum atomic E-state index is -1.32. The Morgan fingerprint density at radius 3 is 2.37 bits per heavy atom. The molecular formula is C28H44N4O6. The minimum Gasteiger partial charge on any atom is -0.508 e. The maximum atomic E-state index is 14.0. The normalized spacial score (nSPS) is 15.7. The van der Waals surface area contributed by atoms with Gasteiger partial charge in [-0.25, -0.2) is 4.79 Å². The van der Waals surface area contributed by atoms with Crippen LogP contribution in [-0.2, 0) is 19.1 Å². The predicted octanol–water partition coefficient (Wildman–Crippen LogP) is 3.59. The fourth-order valence-electron chi connectivity index (χ4n) is 4.59. The zero-order chi connectivity index (χ0) is 28.5. The first-order chi connectivity index (χ1) is 17.8. The summed E-state index contributed by atoms with van der Waals surface area (Å²) in [6.07, 6.45) is 4.91. The molecule has 5 N–H and O–H groups in total. The van der Waals surface area contributed by atoms with Crippen LogP contribution in [0.2, 0.25) is 0 Å².